The Labute approximate surface area is 97.3 Å². The van der Waals surface area contributed by atoms with Gasteiger partial charge in [0.15, 0.2) is 5.78 Å². The minimum atomic E-state index is -0.601. The Balaban J connectivity index is 2.70. The van der Waals surface area contributed by atoms with Crippen molar-refractivity contribution in [2.75, 3.05) is 6.61 Å². The van der Waals surface area contributed by atoms with Crippen LogP contribution in [-0.4, -0.2) is 23.3 Å². The van der Waals surface area contributed by atoms with Crippen LogP contribution in [0.15, 0.2) is 24.3 Å². The van der Waals surface area contributed by atoms with E-state index in [1.807, 2.05) is 0 Å². The summed E-state index contributed by atoms with van der Waals surface area (Å²) < 4.78 is 4.63. The van der Waals surface area contributed by atoms with Crippen molar-refractivity contribution in [1.29, 1.82) is 0 Å². The molecule has 1 rings (SSSR count). The molecule has 0 heterocycles. The van der Waals surface area contributed by atoms with Gasteiger partial charge < -0.3 is 4.74 Å². The molecule has 0 fully saturated rings. The van der Waals surface area contributed by atoms with Crippen molar-refractivity contribution < 1.29 is 19.2 Å². The maximum Gasteiger partial charge on any atom is 0.313 e. The van der Waals surface area contributed by atoms with Gasteiger partial charge in [-0.25, -0.2) is 0 Å². The van der Waals surface area contributed by atoms with E-state index in [0.717, 1.165) is 0 Å². The van der Waals surface area contributed by atoms with Gasteiger partial charge >= 0.3 is 5.97 Å². The van der Waals surface area contributed by atoms with Crippen LogP contribution in [0.2, 0.25) is 0 Å². The highest BCUT2D eigenvalue weighted by Gasteiger charge is 2.13. The van der Waals surface area contributed by atoms with Crippen molar-refractivity contribution in [2.45, 2.75) is 13.3 Å². The number of hydrogen-bond acceptors (Lipinski definition) is 5. The van der Waals surface area contributed by atoms with Gasteiger partial charge in [-0.3, -0.25) is 19.7 Å². The molecule has 0 aliphatic heterocycles. The molecule has 0 unspecified atom stereocenters. The summed E-state index contributed by atoms with van der Waals surface area (Å²) in [6.07, 6.45) is -0.356. The summed E-state index contributed by atoms with van der Waals surface area (Å²) in [6.45, 7) is 1.86. The number of esters is 1. The molecule has 1 aromatic carbocycles. The standard InChI is InChI=1S/C11H11NO5/c1-2-17-11(14)7-10(13)8-3-5-9(6-4-8)12(15)16/h3-6H,2,7H2,1H3. The zero-order chi connectivity index (χ0) is 12.8. The van der Waals surface area contributed by atoms with Crippen molar-refractivity contribution in [1.82, 2.24) is 0 Å². The Kier molecular flexibility index (Phi) is 4.33. The van der Waals surface area contributed by atoms with E-state index in [9.17, 15) is 19.7 Å². The lowest BCUT2D eigenvalue weighted by molar-refractivity contribution is -0.384. The Hall–Kier alpha value is -2.24. The number of ether oxygens (including phenoxy) is 1. The third-order valence-electron chi connectivity index (χ3n) is 2.01. The highest BCUT2D eigenvalue weighted by molar-refractivity contribution is 6.06. The van der Waals surface area contributed by atoms with Crippen molar-refractivity contribution in [3.05, 3.63) is 39.9 Å². The van der Waals surface area contributed by atoms with E-state index in [0.29, 0.717) is 0 Å². The molecule has 0 radical (unpaired) electrons. The molecule has 17 heavy (non-hydrogen) atoms. The van der Waals surface area contributed by atoms with Crippen LogP contribution in [0.25, 0.3) is 0 Å². The largest absolute Gasteiger partial charge is 0.466 e. The van der Waals surface area contributed by atoms with Crippen molar-refractivity contribution >= 4 is 17.4 Å². The van der Waals surface area contributed by atoms with Gasteiger partial charge in [0.2, 0.25) is 0 Å². The number of rotatable bonds is 5. The summed E-state index contributed by atoms with van der Waals surface area (Å²) in [5.41, 5.74) is 0.154. The number of carbonyl (C=O) groups excluding carboxylic acids is 2. The van der Waals surface area contributed by atoms with E-state index in [-0.39, 0.29) is 24.3 Å². The minimum Gasteiger partial charge on any atom is -0.466 e. The number of benzene rings is 1. The van der Waals surface area contributed by atoms with E-state index in [4.69, 9.17) is 0 Å². The van der Waals surface area contributed by atoms with Crippen LogP contribution in [0, 0.1) is 10.1 Å². The second-order valence-corrected chi connectivity index (χ2v) is 3.21. The minimum absolute atomic E-state index is 0.0994. The highest BCUT2D eigenvalue weighted by Crippen LogP contribution is 2.13. The van der Waals surface area contributed by atoms with Crippen LogP contribution in [0.1, 0.15) is 23.7 Å². The fourth-order valence-electron chi connectivity index (χ4n) is 1.21. The molecule has 0 bridgehead atoms. The molecule has 90 valence electrons. The summed E-state index contributed by atoms with van der Waals surface area (Å²) in [4.78, 5) is 32.4. The topological polar surface area (TPSA) is 86.5 Å². The molecular weight excluding hydrogens is 226 g/mol. The summed E-state index contributed by atoms with van der Waals surface area (Å²) in [6, 6.07) is 5.08. The van der Waals surface area contributed by atoms with Crippen LogP contribution < -0.4 is 0 Å². The zero-order valence-corrected chi connectivity index (χ0v) is 9.21. The molecule has 0 aliphatic carbocycles. The second kappa shape index (κ2) is 5.74. The molecule has 0 spiro atoms. The molecular formula is C11H11NO5. The average Bonchev–Trinajstić information content (AvgIpc) is 2.29. The fraction of sp³-hybridized carbons (Fsp3) is 0.273. The van der Waals surface area contributed by atoms with Gasteiger partial charge in [0, 0.05) is 17.7 Å². The third-order valence-corrected chi connectivity index (χ3v) is 2.01. The van der Waals surface area contributed by atoms with Gasteiger partial charge in [-0.05, 0) is 19.1 Å². The van der Waals surface area contributed by atoms with E-state index >= 15 is 0 Å². The number of nitrogens with zero attached hydrogens (tertiary/aromatic N) is 1. The predicted molar refractivity (Wildman–Crippen MR) is 58.7 cm³/mol. The van der Waals surface area contributed by atoms with Gasteiger partial charge in [0.05, 0.1) is 11.5 Å². The number of nitro groups is 1. The number of carbonyl (C=O) groups is 2. The van der Waals surface area contributed by atoms with E-state index in [1.165, 1.54) is 24.3 Å². The van der Waals surface area contributed by atoms with Crippen LogP contribution in [0.5, 0.6) is 0 Å². The molecule has 0 saturated heterocycles. The SMILES string of the molecule is CCOC(=O)CC(=O)c1ccc([N+](=O)[O-])cc1. The Morgan fingerprint density at radius 1 is 1.29 bits per heavy atom. The number of Topliss-reactive ketones (excluding diaryl/α,β-unsaturated/α-hetero) is 1. The first-order valence-corrected chi connectivity index (χ1v) is 4.98. The Bertz CT molecular complexity index is 438. The second-order valence-electron chi connectivity index (χ2n) is 3.21. The third kappa shape index (κ3) is 3.67. The van der Waals surface area contributed by atoms with Gasteiger partial charge in [0.1, 0.15) is 6.42 Å². The smallest absolute Gasteiger partial charge is 0.313 e. The molecule has 0 saturated carbocycles. The maximum absolute atomic E-state index is 11.5. The zero-order valence-electron chi connectivity index (χ0n) is 9.21. The van der Waals surface area contributed by atoms with Gasteiger partial charge in [-0.15, -0.1) is 0 Å². The molecule has 0 N–H and O–H groups in total. The monoisotopic (exact) mass is 237 g/mol. The molecule has 1 aromatic rings. The average molecular weight is 237 g/mol. The van der Waals surface area contributed by atoms with E-state index in [2.05, 4.69) is 4.74 Å². The first kappa shape index (κ1) is 12.8. The van der Waals surface area contributed by atoms with E-state index in [1.54, 1.807) is 6.92 Å². The van der Waals surface area contributed by atoms with Crippen LogP contribution in [-0.2, 0) is 9.53 Å². The molecule has 0 atom stereocenters. The van der Waals surface area contributed by atoms with Gasteiger partial charge in [-0.2, -0.15) is 0 Å². The van der Waals surface area contributed by atoms with Crippen LogP contribution in [0.4, 0.5) is 5.69 Å². The van der Waals surface area contributed by atoms with Crippen molar-refractivity contribution in [3.8, 4) is 0 Å². The summed E-state index contributed by atoms with van der Waals surface area (Å²) >= 11 is 0. The Morgan fingerprint density at radius 2 is 1.88 bits per heavy atom. The van der Waals surface area contributed by atoms with Crippen LogP contribution >= 0.6 is 0 Å². The highest BCUT2D eigenvalue weighted by atomic mass is 16.6. The first-order chi connectivity index (χ1) is 8.04. The molecule has 6 heteroatoms. The molecule has 0 aromatic heterocycles. The molecule has 0 amide bonds. The lowest BCUT2D eigenvalue weighted by Crippen LogP contribution is -2.11. The van der Waals surface area contributed by atoms with E-state index < -0.39 is 16.7 Å². The summed E-state index contributed by atoms with van der Waals surface area (Å²) in [5.74, 6) is -1.02. The van der Waals surface area contributed by atoms with Crippen molar-refractivity contribution in [2.24, 2.45) is 0 Å². The number of hydrogen-bond donors (Lipinski definition) is 0. The van der Waals surface area contributed by atoms with Gasteiger partial charge in [-0.1, -0.05) is 0 Å². The fourth-order valence-corrected chi connectivity index (χ4v) is 1.21. The van der Waals surface area contributed by atoms with Crippen LogP contribution in [0.3, 0.4) is 0 Å². The predicted octanol–water partition coefficient (Wildman–Crippen LogP) is 1.73. The quantitative estimate of drug-likeness (QED) is 0.256. The first-order valence-electron chi connectivity index (χ1n) is 4.98. The number of ketones is 1. The molecule has 6 nitrogen and oxygen atoms in total. The number of non-ortho nitro benzene ring substituents is 1. The van der Waals surface area contributed by atoms with Crippen molar-refractivity contribution in [3.63, 3.8) is 0 Å². The van der Waals surface area contributed by atoms with Gasteiger partial charge in [0.25, 0.3) is 5.69 Å². The lowest BCUT2D eigenvalue weighted by Gasteiger charge is -2.01. The summed E-state index contributed by atoms with van der Waals surface area (Å²) in [5, 5.41) is 10.4. The number of nitro benzene ring substituents is 1. The summed E-state index contributed by atoms with van der Waals surface area (Å²) in [7, 11) is 0. The lowest BCUT2D eigenvalue weighted by atomic mass is 10.1. The Morgan fingerprint density at radius 3 is 2.35 bits per heavy atom. The maximum atomic E-state index is 11.5. The molecule has 0 aliphatic rings. The normalized spacial score (nSPS) is 9.71.